The summed E-state index contributed by atoms with van der Waals surface area (Å²) in [6, 6.07) is 6.07. The molecule has 0 saturated carbocycles. The molecule has 3 heterocycles. The first kappa shape index (κ1) is 12.7. The van der Waals surface area contributed by atoms with Crippen LogP contribution in [0, 0.1) is 6.92 Å². The number of aromatic nitrogens is 3. The van der Waals surface area contributed by atoms with Crippen LogP contribution in [0.3, 0.4) is 0 Å². The van der Waals surface area contributed by atoms with Crippen LogP contribution in [-0.2, 0) is 6.42 Å². The van der Waals surface area contributed by atoms with Gasteiger partial charge in [0.15, 0.2) is 5.65 Å². The number of imidazole rings is 1. The Morgan fingerprint density at radius 2 is 2.25 bits per heavy atom. The van der Waals surface area contributed by atoms with E-state index in [0.29, 0.717) is 5.95 Å². The number of rotatable bonds is 4. The Bertz CT molecular complexity index is 715. The Labute approximate surface area is 117 Å². The lowest BCUT2D eigenvalue weighted by atomic mass is 10.1. The summed E-state index contributed by atoms with van der Waals surface area (Å²) in [7, 11) is 0. The minimum atomic E-state index is 0.222. The zero-order valence-electron chi connectivity index (χ0n) is 11.7. The molecule has 3 aromatic rings. The molecule has 2 N–H and O–H groups in total. The molecule has 20 heavy (non-hydrogen) atoms. The maximum Gasteiger partial charge on any atom is 0.202 e. The number of hydrogen-bond acceptors (Lipinski definition) is 4. The van der Waals surface area contributed by atoms with E-state index >= 15 is 0 Å². The zero-order chi connectivity index (χ0) is 14.1. The van der Waals surface area contributed by atoms with Crippen LogP contribution in [0.15, 0.2) is 35.1 Å². The van der Waals surface area contributed by atoms with Gasteiger partial charge >= 0.3 is 0 Å². The summed E-state index contributed by atoms with van der Waals surface area (Å²) in [6.07, 6.45) is 5.30. The van der Waals surface area contributed by atoms with Crippen molar-refractivity contribution < 1.29 is 4.42 Å². The second kappa shape index (κ2) is 5.00. The van der Waals surface area contributed by atoms with Crippen molar-refractivity contribution in [3.05, 3.63) is 42.0 Å². The molecule has 0 radical (unpaired) electrons. The second-order valence-electron chi connectivity index (χ2n) is 5.11. The van der Waals surface area contributed by atoms with E-state index in [4.69, 9.17) is 10.2 Å². The normalized spacial score (nSPS) is 12.9. The van der Waals surface area contributed by atoms with Crippen molar-refractivity contribution in [3.8, 4) is 0 Å². The highest BCUT2D eigenvalue weighted by Gasteiger charge is 2.16. The average Bonchev–Trinajstić information content (AvgIpc) is 3.04. The maximum absolute atomic E-state index is 6.06. The Morgan fingerprint density at radius 3 is 3.00 bits per heavy atom. The Balaban J connectivity index is 1.89. The highest BCUT2D eigenvalue weighted by molar-refractivity contribution is 5.77. The van der Waals surface area contributed by atoms with Crippen LogP contribution in [0.5, 0.6) is 0 Å². The minimum Gasteiger partial charge on any atom is -0.469 e. The first-order valence-electron chi connectivity index (χ1n) is 6.78. The largest absolute Gasteiger partial charge is 0.469 e. The molecular weight excluding hydrogens is 252 g/mol. The molecule has 1 unspecified atom stereocenters. The number of fused-ring (bicyclic) bond motifs is 1. The number of aryl methyl sites for hydroxylation is 2. The Morgan fingerprint density at radius 1 is 1.40 bits per heavy atom. The van der Waals surface area contributed by atoms with Crippen molar-refractivity contribution in [1.82, 2.24) is 14.5 Å². The van der Waals surface area contributed by atoms with Gasteiger partial charge in [0.2, 0.25) is 5.95 Å². The third kappa shape index (κ3) is 2.15. The van der Waals surface area contributed by atoms with Gasteiger partial charge in [-0.05, 0) is 44.0 Å². The van der Waals surface area contributed by atoms with Crippen LogP contribution >= 0.6 is 0 Å². The molecule has 104 valence electrons. The van der Waals surface area contributed by atoms with Crippen molar-refractivity contribution in [2.75, 3.05) is 5.73 Å². The van der Waals surface area contributed by atoms with Gasteiger partial charge in [-0.1, -0.05) is 0 Å². The van der Waals surface area contributed by atoms with Gasteiger partial charge in [0.1, 0.15) is 11.3 Å². The average molecular weight is 270 g/mol. The molecule has 0 spiro atoms. The van der Waals surface area contributed by atoms with Crippen LogP contribution in [0.2, 0.25) is 0 Å². The van der Waals surface area contributed by atoms with Crippen LogP contribution in [0.25, 0.3) is 11.2 Å². The fourth-order valence-electron chi connectivity index (χ4n) is 2.50. The predicted octanol–water partition coefficient (Wildman–Crippen LogP) is 3.11. The smallest absolute Gasteiger partial charge is 0.202 e. The highest BCUT2D eigenvalue weighted by Crippen LogP contribution is 2.25. The number of nitrogen functional groups attached to an aromatic ring is 1. The highest BCUT2D eigenvalue weighted by atomic mass is 16.3. The summed E-state index contributed by atoms with van der Waals surface area (Å²) >= 11 is 0. The fraction of sp³-hybridized carbons (Fsp3) is 0.333. The van der Waals surface area contributed by atoms with Crippen molar-refractivity contribution in [3.63, 3.8) is 0 Å². The molecular formula is C15H18N4O. The summed E-state index contributed by atoms with van der Waals surface area (Å²) in [5.41, 5.74) is 8.90. The van der Waals surface area contributed by atoms with Gasteiger partial charge in [0.25, 0.3) is 0 Å². The van der Waals surface area contributed by atoms with Gasteiger partial charge in [-0.15, -0.1) is 0 Å². The lowest BCUT2D eigenvalue weighted by Crippen LogP contribution is -2.10. The number of hydrogen-bond donors (Lipinski definition) is 1. The predicted molar refractivity (Wildman–Crippen MR) is 78.4 cm³/mol. The standard InChI is InChI=1S/C15H18N4O/c1-10-7-8-17-14-13(10)18-15(16)19(14)11(2)5-6-12-4-3-9-20-12/h3-4,7-9,11H,5-6H2,1-2H3,(H2,16,18). The molecule has 3 aromatic heterocycles. The van der Waals surface area contributed by atoms with E-state index in [9.17, 15) is 0 Å². The van der Waals surface area contributed by atoms with Gasteiger partial charge in [-0.3, -0.25) is 4.57 Å². The van der Waals surface area contributed by atoms with Crippen LogP contribution in [0.1, 0.15) is 30.7 Å². The van der Waals surface area contributed by atoms with E-state index in [2.05, 4.69) is 16.9 Å². The van der Waals surface area contributed by atoms with Crippen LogP contribution < -0.4 is 5.73 Å². The van der Waals surface area contributed by atoms with E-state index in [1.165, 1.54) is 0 Å². The van der Waals surface area contributed by atoms with Crippen LogP contribution in [0.4, 0.5) is 5.95 Å². The first-order valence-corrected chi connectivity index (χ1v) is 6.78. The van der Waals surface area contributed by atoms with E-state index < -0.39 is 0 Å². The second-order valence-corrected chi connectivity index (χ2v) is 5.11. The summed E-state index contributed by atoms with van der Waals surface area (Å²) in [6.45, 7) is 4.15. The summed E-state index contributed by atoms with van der Waals surface area (Å²) < 4.78 is 7.37. The molecule has 0 fully saturated rings. The van der Waals surface area contributed by atoms with E-state index in [0.717, 1.165) is 35.3 Å². The quantitative estimate of drug-likeness (QED) is 0.790. The minimum absolute atomic E-state index is 0.222. The molecule has 0 amide bonds. The number of furan rings is 1. The molecule has 0 aliphatic carbocycles. The monoisotopic (exact) mass is 270 g/mol. The van der Waals surface area contributed by atoms with Crippen molar-refractivity contribution >= 4 is 17.1 Å². The molecule has 1 atom stereocenters. The number of anilines is 1. The topological polar surface area (TPSA) is 69.9 Å². The third-order valence-corrected chi connectivity index (χ3v) is 3.64. The summed E-state index contributed by atoms with van der Waals surface area (Å²) in [5, 5.41) is 0. The molecule has 0 aliphatic rings. The Kier molecular flexibility index (Phi) is 3.18. The van der Waals surface area contributed by atoms with E-state index in [1.54, 1.807) is 12.5 Å². The molecule has 5 nitrogen and oxygen atoms in total. The maximum atomic E-state index is 6.06. The number of pyridine rings is 1. The van der Waals surface area contributed by atoms with Crippen molar-refractivity contribution in [2.45, 2.75) is 32.7 Å². The molecule has 5 heteroatoms. The lowest BCUT2D eigenvalue weighted by Gasteiger charge is -2.14. The van der Waals surface area contributed by atoms with Gasteiger partial charge in [-0.25, -0.2) is 9.97 Å². The number of nitrogens with zero attached hydrogens (tertiary/aromatic N) is 3. The molecule has 0 aromatic carbocycles. The first-order chi connectivity index (χ1) is 9.66. The van der Waals surface area contributed by atoms with E-state index in [-0.39, 0.29) is 6.04 Å². The summed E-state index contributed by atoms with van der Waals surface area (Å²) in [5.74, 6) is 1.51. The third-order valence-electron chi connectivity index (χ3n) is 3.64. The van der Waals surface area contributed by atoms with Gasteiger partial charge in [0, 0.05) is 18.7 Å². The lowest BCUT2D eigenvalue weighted by molar-refractivity contribution is 0.459. The SMILES string of the molecule is Cc1ccnc2c1nc(N)n2C(C)CCc1ccco1. The summed E-state index contributed by atoms with van der Waals surface area (Å²) in [4.78, 5) is 8.86. The fourth-order valence-corrected chi connectivity index (χ4v) is 2.50. The van der Waals surface area contributed by atoms with E-state index in [1.807, 2.05) is 29.7 Å². The van der Waals surface area contributed by atoms with Gasteiger partial charge < -0.3 is 10.2 Å². The van der Waals surface area contributed by atoms with Gasteiger partial charge in [-0.2, -0.15) is 0 Å². The molecule has 3 rings (SSSR count). The molecule has 0 aliphatic heterocycles. The van der Waals surface area contributed by atoms with Gasteiger partial charge in [0.05, 0.1) is 6.26 Å². The Hall–Kier alpha value is -2.30. The van der Waals surface area contributed by atoms with Crippen LogP contribution in [-0.4, -0.2) is 14.5 Å². The molecule has 0 saturated heterocycles. The molecule has 0 bridgehead atoms. The van der Waals surface area contributed by atoms with Crippen molar-refractivity contribution in [1.29, 1.82) is 0 Å². The zero-order valence-corrected chi connectivity index (χ0v) is 11.7. The van der Waals surface area contributed by atoms with Crippen molar-refractivity contribution in [2.24, 2.45) is 0 Å². The number of nitrogens with two attached hydrogens (primary N) is 1.